The first-order valence-electron chi connectivity index (χ1n) is 6.03. The number of thiophene rings is 1. The SMILES string of the molecule is CN1C(=O)N(Cc2ccccc2Cl)c2cscc2S1(=O)=O. The highest BCUT2D eigenvalue weighted by atomic mass is 35.5. The Morgan fingerprint density at radius 2 is 1.95 bits per heavy atom. The summed E-state index contributed by atoms with van der Waals surface area (Å²) in [6, 6.07) is 6.59. The number of carbonyl (C=O) groups is 1. The van der Waals surface area contributed by atoms with E-state index in [1.807, 2.05) is 12.1 Å². The van der Waals surface area contributed by atoms with Crippen LogP contribution in [0.3, 0.4) is 0 Å². The molecule has 0 radical (unpaired) electrons. The smallest absolute Gasteiger partial charge is 0.287 e. The molecule has 2 heterocycles. The van der Waals surface area contributed by atoms with Crippen LogP contribution in [0.1, 0.15) is 5.56 Å². The average molecular weight is 343 g/mol. The van der Waals surface area contributed by atoms with Gasteiger partial charge in [-0.25, -0.2) is 17.5 Å². The van der Waals surface area contributed by atoms with Crippen molar-refractivity contribution in [1.29, 1.82) is 0 Å². The molecular weight excluding hydrogens is 332 g/mol. The molecule has 3 rings (SSSR count). The molecule has 0 atom stereocenters. The molecule has 1 aromatic carbocycles. The second kappa shape index (κ2) is 5.01. The van der Waals surface area contributed by atoms with Crippen LogP contribution in [0.4, 0.5) is 10.5 Å². The van der Waals surface area contributed by atoms with Crippen molar-refractivity contribution in [2.24, 2.45) is 0 Å². The summed E-state index contributed by atoms with van der Waals surface area (Å²) in [4.78, 5) is 13.9. The fraction of sp³-hybridized carbons (Fsp3) is 0.154. The van der Waals surface area contributed by atoms with Crippen LogP contribution in [-0.2, 0) is 16.6 Å². The Morgan fingerprint density at radius 3 is 2.67 bits per heavy atom. The number of carbonyl (C=O) groups excluding carboxylic acids is 1. The van der Waals surface area contributed by atoms with Crippen LogP contribution in [0.25, 0.3) is 0 Å². The van der Waals surface area contributed by atoms with Crippen LogP contribution in [0.2, 0.25) is 5.02 Å². The average Bonchev–Trinajstić information content (AvgIpc) is 2.94. The van der Waals surface area contributed by atoms with Gasteiger partial charge in [-0.05, 0) is 11.6 Å². The Bertz CT molecular complexity index is 816. The summed E-state index contributed by atoms with van der Waals surface area (Å²) >= 11 is 7.36. The Morgan fingerprint density at radius 1 is 1.24 bits per heavy atom. The van der Waals surface area contributed by atoms with E-state index in [1.54, 1.807) is 17.5 Å². The lowest BCUT2D eigenvalue weighted by atomic mass is 10.2. The number of nitrogens with zero attached hydrogens (tertiary/aromatic N) is 2. The molecule has 0 fully saturated rings. The molecule has 0 N–H and O–H groups in total. The molecular formula is C13H11ClN2O3S2. The van der Waals surface area contributed by atoms with E-state index in [1.165, 1.54) is 28.7 Å². The first-order valence-corrected chi connectivity index (χ1v) is 8.79. The highest BCUT2D eigenvalue weighted by molar-refractivity contribution is 7.90. The monoisotopic (exact) mass is 342 g/mol. The van der Waals surface area contributed by atoms with Crippen LogP contribution in [0.15, 0.2) is 39.9 Å². The largest absolute Gasteiger partial charge is 0.338 e. The number of halogens is 1. The van der Waals surface area contributed by atoms with Gasteiger partial charge in [-0.2, -0.15) is 0 Å². The Kier molecular flexibility index (Phi) is 3.43. The zero-order valence-corrected chi connectivity index (χ0v) is 13.4. The van der Waals surface area contributed by atoms with Gasteiger partial charge in [0.15, 0.2) is 0 Å². The van der Waals surface area contributed by atoms with E-state index < -0.39 is 16.1 Å². The van der Waals surface area contributed by atoms with Gasteiger partial charge in [0.05, 0.1) is 12.2 Å². The summed E-state index contributed by atoms with van der Waals surface area (Å²) in [7, 11) is -2.48. The number of anilines is 1. The molecule has 1 aromatic heterocycles. The van der Waals surface area contributed by atoms with Gasteiger partial charge >= 0.3 is 6.03 Å². The van der Waals surface area contributed by atoms with Crippen LogP contribution >= 0.6 is 22.9 Å². The second-order valence-corrected chi connectivity index (χ2v) is 7.64. The molecule has 8 heteroatoms. The summed E-state index contributed by atoms with van der Waals surface area (Å²) in [5.74, 6) is 0. The lowest BCUT2D eigenvalue weighted by Crippen LogP contribution is -2.47. The summed E-state index contributed by atoms with van der Waals surface area (Å²) in [5, 5.41) is 3.74. The van der Waals surface area contributed by atoms with Gasteiger partial charge < -0.3 is 0 Å². The highest BCUT2D eigenvalue weighted by Gasteiger charge is 2.39. The minimum atomic E-state index is -3.74. The van der Waals surface area contributed by atoms with Gasteiger partial charge in [0.25, 0.3) is 10.0 Å². The van der Waals surface area contributed by atoms with E-state index >= 15 is 0 Å². The third-order valence-electron chi connectivity index (χ3n) is 3.32. The number of benzene rings is 1. The molecule has 0 spiro atoms. The number of hydrogen-bond donors (Lipinski definition) is 0. The molecule has 5 nitrogen and oxygen atoms in total. The number of amides is 2. The molecule has 21 heavy (non-hydrogen) atoms. The van der Waals surface area contributed by atoms with Gasteiger partial charge in [-0.1, -0.05) is 29.8 Å². The third-order valence-corrected chi connectivity index (χ3v) is 6.33. The van der Waals surface area contributed by atoms with Crippen molar-refractivity contribution < 1.29 is 13.2 Å². The number of fused-ring (bicyclic) bond motifs is 1. The molecule has 1 aliphatic heterocycles. The second-order valence-electron chi connectivity index (χ2n) is 4.55. The van der Waals surface area contributed by atoms with Crippen molar-refractivity contribution in [2.45, 2.75) is 11.4 Å². The van der Waals surface area contributed by atoms with Crippen molar-refractivity contribution in [3.63, 3.8) is 0 Å². The zero-order chi connectivity index (χ0) is 15.2. The zero-order valence-electron chi connectivity index (χ0n) is 11.0. The fourth-order valence-electron chi connectivity index (χ4n) is 2.14. The maximum absolute atomic E-state index is 12.4. The standard InChI is InChI=1S/C13H11ClN2O3S2/c1-15-13(17)16(6-9-4-2-3-5-10(9)14)11-7-20-8-12(11)21(15,18)19/h2-5,7-8H,6H2,1H3. The lowest BCUT2D eigenvalue weighted by Gasteiger charge is -2.32. The van der Waals surface area contributed by atoms with E-state index in [0.717, 1.165) is 9.87 Å². The molecule has 2 aromatic rings. The Balaban J connectivity index is 2.08. The molecule has 0 bridgehead atoms. The summed E-state index contributed by atoms with van der Waals surface area (Å²) in [5.41, 5.74) is 1.17. The summed E-state index contributed by atoms with van der Waals surface area (Å²) < 4.78 is 25.2. The van der Waals surface area contributed by atoms with E-state index in [2.05, 4.69) is 0 Å². The van der Waals surface area contributed by atoms with Crippen molar-refractivity contribution in [2.75, 3.05) is 11.9 Å². The number of urea groups is 1. The van der Waals surface area contributed by atoms with E-state index in [4.69, 9.17) is 11.6 Å². The summed E-state index contributed by atoms with van der Waals surface area (Å²) in [6.07, 6.45) is 0. The molecule has 0 saturated heterocycles. The van der Waals surface area contributed by atoms with Crippen LogP contribution < -0.4 is 4.90 Å². The maximum Gasteiger partial charge on any atom is 0.338 e. The number of sulfonamides is 1. The van der Waals surface area contributed by atoms with Gasteiger partial charge in [0, 0.05) is 22.8 Å². The van der Waals surface area contributed by atoms with Crippen molar-refractivity contribution in [1.82, 2.24) is 4.31 Å². The predicted octanol–water partition coefficient (Wildman–Crippen LogP) is 3.16. The van der Waals surface area contributed by atoms with Crippen molar-refractivity contribution in [3.8, 4) is 0 Å². The molecule has 0 unspecified atom stereocenters. The van der Waals surface area contributed by atoms with Gasteiger partial charge in [0.1, 0.15) is 4.90 Å². The third kappa shape index (κ3) is 2.21. The normalized spacial score (nSPS) is 17.0. The number of rotatable bonds is 2. The minimum Gasteiger partial charge on any atom is -0.287 e. The first-order chi connectivity index (χ1) is 9.93. The summed E-state index contributed by atoms with van der Waals surface area (Å²) in [6.45, 7) is 0.224. The Hall–Kier alpha value is -1.57. The molecule has 0 saturated carbocycles. The quantitative estimate of drug-likeness (QED) is 0.842. The fourth-order valence-corrected chi connectivity index (χ4v) is 4.79. The van der Waals surface area contributed by atoms with E-state index in [9.17, 15) is 13.2 Å². The predicted molar refractivity (Wildman–Crippen MR) is 82.3 cm³/mol. The van der Waals surface area contributed by atoms with E-state index in [0.29, 0.717) is 10.7 Å². The molecule has 2 amide bonds. The van der Waals surface area contributed by atoms with Crippen molar-refractivity contribution >= 4 is 44.7 Å². The lowest BCUT2D eigenvalue weighted by molar-refractivity contribution is 0.232. The van der Waals surface area contributed by atoms with Crippen LogP contribution in [0.5, 0.6) is 0 Å². The van der Waals surface area contributed by atoms with E-state index in [-0.39, 0.29) is 11.4 Å². The minimum absolute atomic E-state index is 0.154. The molecule has 1 aliphatic rings. The Labute approximate surface area is 131 Å². The highest BCUT2D eigenvalue weighted by Crippen LogP contribution is 2.37. The molecule has 110 valence electrons. The van der Waals surface area contributed by atoms with Crippen LogP contribution in [0, 0.1) is 0 Å². The maximum atomic E-state index is 12.4. The van der Waals surface area contributed by atoms with Gasteiger partial charge in [-0.15, -0.1) is 11.3 Å². The van der Waals surface area contributed by atoms with Crippen molar-refractivity contribution in [3.05, 3.63) is 45.6 Å². The number of hydrogen-bond acceptors (Lipinski definition) is 4. The molecule has 0 aliphatic carbocycles. The first kappa shape index (κ1) is 14.4. The van der Waals surface area contributed by atoms with Gasteiger partial charge in [0.2, 0.25) is 0 Å². The topological polar surface area (TPSA) is 57.7 Å². The van der Waals surface area contributed by atoms with Gasteiger partial charge in [-0.3, -0.25) is 4.90 Å². The van der Waals surface area contributed by atoms with Crippen LogP contribution in [-0.4, -0.2) is 25.8 Å².